The topological polar surface area (TPSA) is 83.7 Å². The summed E-state index contributed by atoms with van der Waals surface area (Å²) in [6.45, 7) is 5.48. The molecule has 0 amide bonds. The lowest BCUT2D eigenvalue weighted by Gasteiger charge is -2.41. The molecule has 0 N–H and O–H groups in total. The second-order valence-electron chi connectivity index (χ2n) is 6.24. The highest BCUT2D eigenvalue weighted by molar-refractivity contribution is 4.86. The molecule has 0 bridgehead atoms. The quantitative estimate of drug-likeness (QED) is 0.328. The van der Waals surface area contributed by atoms with E-state index in [4.69, 9.17) is 37.9 Å². The van der Waals surface area contributed by atoms with E-state index in [1.165, 1.54) is 0 Å². The van der Waals surface area contributed by atoms with E-state index < -0.39 is 18.2 Å². The highest BCUT2D eigenvalue weighted by atomic mass is 16.8. The summed E-state index contributed by atoms with van der Waals surface area (Å²) >= 11 is 0. The molecule has 3 heterocycles. The van der Waals surface area contributed by atoms with Crippen molar-refractivity contribution in [3.05, 3.63) is 0 Å². The van der Waals surface area contributed by atoms with E-state index >= 15 is 0 Å². The van der Waals surface area contributed by atoms with Crippen LogP contribution >= 0.6 is 0 Å². The molecule has 8 nitrogen and oxygen atoms in total. The van der Waals surface area contributed by atoms with Gasteiger partial charge in [-0.3, -0.25) is 0 Å². The summed E-state index contributed by atoms with van der Waals surface area (Å²) < 4.78 is 45.0. The van der Waals surface area contributed by atoms with Crippen LogP contribution in [0, 0.1) is 0 Å². The van der Waals surface area contributed by atoms with Gasteiger partial charge in [0.15, 0.2) is 18.2 Å². The Morgan fingerprint density at radius 1 is 0.917 bits per heavy atom. The summed E-state index contributed by atoms with van der Waals surface area (Å²) in [7, 11) is 3.19. The molecule has 3 rings (SSSR count). The molecule has 6 atom stereocenters. The fourth-order valence-electron chi connectivity index (χ4n) is 2.54. The second-order valence-corrected chi connectivity index (χ2v) is 6.24. The van der Waals surface area contributed by atoms with Crippen molar-refractivity contribution in [3.63, 3.8) is 0 Å². The highest BCUT2D eigenvalue weighted by Gasteiger charge is 2.48. The second kappa shape index (κ2) is 8.37. The van der Waals surface area contributed by atoms with E-state index in [9.17, 15) is 0 Å². The van der Waals surface area contributed by atoms with Gasteiger partial charge in [-0.25, -0.2) is 0 Å². The van der Waals surface area contributed by atoms with Crippen LogP contribution in [0.2, 0.25) is 0 Å². The van der Waals surface area contributed by atoms with Crippen LogP contribution in [0.1, 0.15) is 13.3 Å². The van der Waals surface area contributed by atoms with Gasteiger partial charge in [-0.15, -0.1) is 0 Å². The molecule has 3 fully saturated rings. The van der Waals surface area contributed by atoms with E-state index in [2.05, 4.69) is 0 Å². The van der Waals surface area contributed by atoms with Crippen LogP contribution in [-0.4, -0.2) is 90.4 Å². The molecule has 0 aliphatic carbocycles. The number of hydrogen-bond acceptors (Lipinski definition) is 8. The lowest BCUT2D eigenvalue weighted by atomic mass is 10.1. The van der Waals surface area contributed by atoms with Crippen LogP contribution < -0.4 is 0 Å². The van der Waals surface area contributed by atoms with Gasteiger partial charge in [-0.05, 0) is 0 Å². The maximum absolute atomic E-state index is 6.07. The maximum atomic E-state index is 6.07. The molecule has 0 aromatic carbocycles. The molecule has 0 spiro atoms. The molecule has 8 heteroatoms. The van der Waals surface area contributed by atoms with Gasteiger partial charge in [0.25, 0.3) is 0 Å². The van der Waals surface area contributed by atoms with Crippen molar-refractivity contribution in [1.82, 2.24) is 0 Å². The molecular formula is C16H28O8. The Morgan fingerprint density at radius 3 is 1.92 bits per heavy atom. The van der Waals surface area contributed by atoms with Crippen molar-refractivity contribution < 1.29 is 37.9 Å². The minimum Gasteiger partial charge on any atom is -0.371 e. The minimum absolute atomic E-state index is 0.120. The zero-order valence-electron chi connectivity index (χ0n) is 14.6. The zero-order chi connectivity index (χ0) is 17.0. The van der Waals surface area contributed by atoms with E-state index in [0.717, 1.165) is 6.61 Å². The SMILES string of the molecule is CCC(OC)(OCC1CO1)C(OCC1CO1)C(OC)OCC1CO1. The maximum Gasteiger partial charge on any atom is 0.199 e. The van der Waals surface area contributed by atoms with Crippen LogP contribution in [0.25, 0.3) is 0 Å². The van der Waals surface area contributed by atoms with Crippen LogP contribution in [0.5, 0.6) is 0 Å². The van der Waals surface area contributed by atoms with Gasteiger partial charge in [-0.2, -0.15) is 0 Å². The van der Waals surface area contributed by atoms with E-state index in [1.807, 2.05) is 6.92 Å². The van der Waals surface area contributed by atoms with Crippen LogP contribution in [-0.2, 0) is 37.9 Å². The standard InChI is InChI=1S/C16H28O8/c1-4-16(18-3,24-10-13-7-21-13)14(22-8-11-5-19-11)15(17-2)23-9-12-6-20-12/h11-15H,4-10H2,1-3H3. The number of methoxy groups -OCH3 is 2. The zero-order valence-corrected chi connectivity index (χ0v) is 14.6. The Morgan fingerprint density at radius 2 is 1.46 bits per heavy atom. The number of epoxide rings is 3. The molecule has 0 radical (unpaired) electrons. The van der Waals surface area contributed by atoms with Crippen molar-refractivity contribution in [2.24, 2.45) is 0 Å². The summed E-state index contributed by atoms with van der Waals surface area (Å²) in [4.78, 5) is 0. The summed E-state index contributed by atoms with van der Waals surface area (Å²) in [6.07, 6.45) is -0.230. The summed E-state index contributed by atoms with van der Waals surface area (Å²) in [5.74, 6) is -0.980. The Kier molecular flexibility index (Phi) is 6.44. The number of hydrogen-bond donors (Lipinski definition) is 0. The van der Waals surface area contributed by atoms with Crippen molar-refractivity contribution in [2.45, 2.75) is 49.8 Å². The molecular weight excluding hydrogens is 320 g/mol. The van der Waals surface area contributed by atoms with Crippen molar-refractivity contribution in [2.75, 3.05) is 53.9 Å². The molecule has 0 aromatic rings. The Bertz CT molecular complexity index is 376. The van der Waals surface area contributed by atoms with Crippen LogP contribution in [0.4, 0.5) is 0 Å². The van der Waals surface area contributed by atoms with E-state index in [0.29, 0.717) is 39.5 Å². The van der Waals surface area contributed by atoms with Crippen LogP contribution in [0.3, 0.4) is 0 Å². The Balaban J connectivity index is 1.66. The van der Waals surface area contributed by atoms with E-state index in [-0.39, 0.29) is 18.3 Å². The first-order valence-electron chi connectivity index (χ1n) is 8.50. The predicted molar refractivity (Wildman–Crippen MR) is 81.7 cm³/mol. The third kappa shape index (κ3) is 5.09. The number of rotatable bonds is 14. The van der Waals surface area contributed by atoms with Gasteiger partial charge in [0.2, 0.25) is 0 Å². The van der Waals surface area contributed by atoms with Crippen molar-refractivity contribution in [3.8, 4) is 0 Å². The van der Waals surface area contributed by atoms with Gasteiger partial charge in [-0.1, -0.05) is 6.92 Å². The van der Waals surface area contributed by atoms with Crippen LogP contribution in [0.15, 0.2) is 0 Å². The normalized spacial score (nSPS) is 32.9. The van der Waals surface area contributed by atoms with E-state index in [1.54, 1.807) is 14.2 Å². The van der Waals surface area contributed by atoms with Gasteiger partial charge in [0.05, 0.1) is 39.6 Å². The minimum atomic E-state index is -0.980. The van der Waals surface area contributed by atoms with Gasteiger partial charge in [0, 0.05) is 20.6 Å². The number of ether oxygens (including phenoxy) is 8. The summed E-state index contributed by atoms with van der Waals surface area (Å²) in [5, 5.41) is 0. The summed E-state index contributed by atoms with van der Waals surface area (Å²) in [6, 6.07) is 0. The van der Waals surface area contributed by atoms with Gasteiger partial charge >= 0.3 is 0 Å². The first kappa shape index (κ1) is 18.5. The van der Waals surface area contributed by atoms with Gasteiger partial charge < -0.3 is 37.9 Å². The molecule has 6 unspecified atom stereocenters. The Hall–Kier alpha value is -0.320. The average molecular weight is 348 g/mol. The average Bonchev–Trinajstić information content (AvgIpc) is 3.47. The first-order chi connectivity index (χ1) is 11.7. The molecule has 3 aliphatic rings. The molecule has 3 aliphatic heterocycles. The fraction of sp³-hybridized carbons (Fsp3) is 1.00. The van der Waals surface area contributed by atoms with Crippen molar-refractivity contribution >= 4 is 0 Å². The monoisotopic (exact) mass is 348 g/mol. The third-order valence-electron chi connectivity index (χ3n) is 4.38. The lowest BCUT2D eigenvalue weighted by Crippen LogP contribution is -2.55. The fourth-order valence-corrected chi connectivity index (χ4v) is 2.54. The highest BCUT2D eigenvalue weighted by Crippen LogP contribution is 2.31. The largest absolute Gasteiger partial charge is 0.371 e. The van der Waals surface area contributed by atoms with Crippen molar-refractivity contribution in [1.29, 1.82) is 0 Å². The smallest absolute Gasteiger partial charge is 0.199 e. The summed E-state index contributed by atoms with van der Waals surface area (Å²) in [5.41, 5.74) is 0. The Labute approximate surface area is 142 Å². The van der Waals surface area contributed by atoms with Gasteiger partial charge in [0.1, 0.15) is 18.3 Å². The molecule has 0 aromatic heterocycles. The molecule has 3 saturated heterocycles. The predicted octanol–water partition coefficient (Wildman–Crippen LogP) is 0.326. The lowest BCUT2D eigenvalue weighted by molar-refractivity contribution is -0.332. The molecule has 0 saturated carbocycles. The third-order valence-corrected chi connectivity index (χ3v) is 4.38. The molecule has 140 valence electrons. The molecule has 24 heavy (non-hydrogen) atoms. The first-order valence-corrected chi connectivity index (χ1v) is 8.50.